The number of carbonyl (C=O) groups is 1. The minimum atomic E-state index is -4.55. The van der Waals surface area contributed by atoms with Crippen LogP contribution in [0.25, 0.3) is 11.0 Å². The second-order valence-corrected chi connectivity index (χ2v) is 11.7. The number of likely N-dealkylation sites (N-methyl/N-ethyl adjacent to an activating group) is 1. The van der Waals surface area contributed by atoms with Crippen LogP contribution in [0.3, 0.4) is 0 Å². The van der Waals surface area contributed by atoms with Gasteiger partial charge >= 0.3 is 12.2 Å². The number of nitriles is 1. The Morgan fingerprint density at radius 2 is 1.93 bits per heavy atom. The zero-order chi connectivity index (χ0) is 31.7. The summed E-state index contributed by atoms with van der Waals surface area (Å²) in [6, 6.07) is 14.8. The fraction of sp³-hybridized carbons (Fsp3) is 0.364. The fourth-order valence-corrected chi connectivity index (χ4v) is 6.10. The van der Waals surface area contributed by atoms with E-state index in [1.54, 1.807) is 29.3 Å². The lowest BCUT2D eigenvalue weighted by Crippen LogP contribution is -2.44. The summed E-state index contributed by atoms with van der Waals surface area (Å²) in [7, 11) is 2.00. The minimum absolute atomic E-state index is 0.0562. The lowest BCUT2D eigenvalue weighted by atomic mass is 9.88. The van der Waals surface area contributed by atoms with Crippen LogP contribution in [-0.2, 0) is 19.3 Å². The average molecular weight is 618 g/mol. The highest BCUT2D eigenvalue weighted by molar-refractivity contribution is 5.90. The predicted octanol–water partition coefficient (Wildman–Crippen LogP) is 6.53. The Kier molecular flexibility index (Phi) is 8.40. The van der Waals surface area contributed by atoms with Gasteiger partial charge in [0.15, 0.2) is 0 Å². The molecule has 4 heterocycles. The molecule has 2 aliphatic heterocycles. The Bertz CT molecular complexity index is 1760. The molecule has 0 radical (unpaired) electrons. The molecule has 0 saturated carbocycles. The monoisotopic (exact) mass is 617 g/mol. The number of rotatable bonds is 6. The molecule has 6 rings (SSSR count). The summed E-state index contributed by atoms with van der Waals surface area (Å²) < 4.78 is 48.5. The third-order valence-electron chi connectivity index (χ3n) is 8.63. The van der Waals surface area contributed by atoms with Crippen LogP contribution in [0.5, 0.6) is 11.5 Å². The zero-order valence-corrected chi connectivity index (χ0v) is 25.1. The van der Waals surface area contributed by atoms with E-state index >= 15 is 0 Å². The van der Waals surface area contributed by atoms with Gasteiger partial charge in [-0.3, -0.25) is 4.90 Å². The number of nitrogens with one attached hydrogen (secondary N) is 2. The summed E-state index contributed by atoms with van der Waals surface area (Å²) >= 11 is 0. The van der Waals surface area contributed by atoms with E-state index in [0.29, 0.717) is 47.9 Å². The van der Waals surface area contributed by atoms with Gasteiger partial charge in [-0.25, -0.2) is 9.78 Å². The lowest BCUT2D eigenvalue weighted by molar-refractivity contribution is -0.138. The van der Waals surface area contributed by atoms with Crippen LogP contribution in [0, 0.1) is 11.3 Å². The van der Waals surface area contributed by atoms with Crippen molar-refractivity contribution in [1.29, 1.82) is 5.26 Å². The number of hydrogen-bond donors (Lipinski definition) is 2. The third-order valence-corrected chi connectivity index (χ3v) is 8.63. The number of benzene rings is 2. The normalized spacial score (nSPS) is 17.6. The van der Waals surface area contributed by atoms with Crippen LogP contribution >= 0.6 is 0 Å². The number of anilines is 1. The maximum Gasteiger partial charge on any atom is 0.416 e. The number of hydrogen-bond acceptors (Lipinski definition) is 6. The Labute approximate surface area is 259 Å². The Balaban J connectivity index is 1.19. The van der Waals surface area contributed by atoms with Crippen LogP contribution in [-0.4, -0.2) is 70.5 Å². The summed E-state index contributed by atoms with van der Waals surface area (Å²) in [5.41, 5.74) is 2.49. The summed E-state index contributed by atoms with van der Waals surface area (Å²) in [6.07, 6.45) is -2.18. The zero-order valence-electron chi connectivity index (χ0n) is 25.1. The standard InChI is InChI=1S/C33H34F3N7O2/c1-3-21-19-43(20-23-14-26(6-7-27(21)23)45-30-8-9-38-31-28(30)15-25(17-37)39-31)32(44)40-24-5-4-22(29(16-24)33(34,35)36)18-42-12-10-41(2)11-13-42/h4-9,14-16,21H,3,10-13,18-20H2,1-2H3,(H,38,39)(H,40,44)/t21-/m1/s1. The first-order chi connectivity index (χ1) is 21.6. The van der Waals surface area contributed by atoms with E-state index in [0.717, 1.165) is 36.7 Å². The Morgan fingerprint density at radius 1 is 1.13 bits per heavy atom. The van der Waals surface area contributed by atoms with Crippen LogP contribution in [0.15, 0.2) is 54.7 Å². The number of aromatic nitrogens is 2. The van der Waals surface area contributed by atoms with Crippen molar-refractivity contribution in [3.63, 3.8) is 0 Å². The van der Waals surface area contributed by atoms with Crippen molar-refractivity contribution < 1.29 is 22.7 Å². The molecule has 0 bridgehead atoms. The molecule has 2 aromatic carbocycles. The van der Waals surface area contributed by atoms with Gasteiger partial charge in [-0.1, -0.05) is 19.1 Å². The maximum atomic E-state index is 14.1. The molecule has 1 atom stereocenters. The van der Waals surface area contributed by atoms with E-state index in [4.69, 9.17) is 4.74 Å². The van der Waals surface area contributed by atoms with Crippen molar-refractivity contribution in [3.8, 4) is 17.6 Å². The predicted molar refractivity (Wildman–Crippen MR) is 164 cm³/mol. The van der Waals surface area contributed by atoms with Crippen molar-refractivity contribution in [2.24, 2.45) is 0 Å². The molecule has 2 aromatic heterocycles. The Morgan fingerprint density at radius 3 is 2.67 bits per heavy atom. The van der Waals surface area contributed by atoms with Crippen molar-refractivity contribution in [1.82, 2.24) is 24.7 Å². The van der Waals surface area contributed by atoms with E-state index in [-0.39, 0.29) is 30.3 Å². The lowest BCUT2D eigenvalue weighted by Gasteiger charge is -2.35. The van der Waals surface area contributed by atoms with E-state index in [2.05, 4.69) is 26.3 Å². The van der Waals surface area contributed by atoms with E-state index in [9.17, 15) is 23.2 Å². The van der Waals surface area contributed by atoms with Crippen molar-refractivity contribution >= 4 is 22.8 Å². The number of alkyl halides is 3. The number of carbonyl (C=O) groups excluding carboxylic acids is 1. The number of piperazine rings is 1. The molecule has 1 fully saturated rings. The molecule has 0 unspecified atom stereocenters. The second kappa shape index (κ2) is 12.4. The summed E-state index contributed by atoms with van der Waals surface area (Å²) in [5.74, 6) is 1.15. The van der Waals surface area contributed by atoms with Gasteiger partial charge in [0.1, 0.15) is 28.9 Å². The fourth-order valence-electron chi connectivity index (χ4n) is 6.10. The van der Waals surface area contributed by atoms with Gasteiger partial charge in [0.05, 0.1) is 10.9 Å². The van der Waals surface area contributed by atoms with Gasteiger partial charge in [-0.15, -0.1) is 0 Å². The number of halogens is 3. The van der Waals surface area contributed by atoms with Crippen molar-refractivity contribution in [3.05, 3.63) is 82.7 Å². The smallest absolute Gasteiger partial charge is 0.416 e. The number of ether oxygens (including phenoxy) is 1. The first kappa shape index (κ1) is 30.4. The molecular formula is C33H34F3N7O2. The topological polar surface area (TPSA) is 101 Å². The number of pyridine rings is 1. The number of amides is 2. The van der Waals surface area contributed by atoms with E-state index in [1.807, 2.05) is 37.1 Å². The largest absolute Gasteiger partial charge is 0.457 e. The third kappa shape index (κ3) is 6.60. The average Bonchev–Trinajstić information content (AvgIpc) is 3.46. The number of urea groups is 1. The SMILES string of the molecule is CC[C@@H]1CN(C(=O)Nc2ccc(CN3CCN(C)CC3)c(C(F)(F)F)c2)Cc2cc(Oc3ccnc4[nH]c(C#N)cc34)ccc21. The summed E-state index contributed by atoms with van der Waals surface area (Å²) in [4.78, 5) is 26.4. The van der Waals surface area contributed by atoms with Crippen LogP contribution < -0.4 is 10.1 Å². The summed E-state index contributed by atoms with van der Waals surface area (Å²) in [6.45, 7) is 5.99. The first-order valence-electron chi connectivity index (χ1n) is 15.0. The number of nitrogens with zero attached hydrogens (tertiary/aromatic N) is 5. The van der Waals surface area contributed by atoms with Gasteiger partial charge in [0.25, 0.3) is 0 Å². The highest BCUT2D eigenvalue weighted by Crippen LogP contribution is 2.37. The molecule has 1 saturated heterocycles. The summed E-state index contributed by atoms with van der Waals surface area (Å²) in [5, 5.41) is 12.6. The molecule has 2 amide bonds. The number of H-pyrrole nitrogens is 1. The van der Waals surface area contributed by atoms with Crippen LogP contribution in [0.4, 0.5) is 23.7 Å². The van der Waals surface area contributed by atoms with Crippen molar-refractivity contribution in [2.45, 2.75) is 38.5 Å². The highest BCUT2D eigenvalue weighted by Gasteiger charge is 2.35. The van der Waals surface area contributed by atoms with Gasteiger partial charge in [0.2, 0.25) is 0 Å². The molecule has 2 aliphatic rings. The first-order valence-corrected chi connectivity index (χ1v) is 15.0. The van der Waals surface area contributed by atoms with E-state index < -0.39 is 17.8 Å². The van der Waals surface area contributed by atoms with Crippen LogP contribution in [0.1, 0.15) is 47.2 Å². The molecule has 0 aliphatic carbocycles. The van der Waals surface area contributed by atoms with Gasteiger partial charge in [-0.2, -0.15) is 18.4 Å². The Hall–Kier alpha value is -4.60. The molecule has 9 nitrogen and oxygen atoms in total. The number of aromatic amines is 1. The number of fused-ring (bicyclic) bond motifs is 2. The molecule has 2 N–H and O–H groups in total. The molecule has 4 aromatic rings. The van der Waals surface area contributed by atoms with Crippen molar-refractivity contribution in [2.75, 3.05) is 45.1 Å². The van der Waals surface area contributed by atoms with Gasteiger partial charge < -0.3 is 24.8 Å². The molecule has 234 valence electrons. The molecular weight excluding hydrogens is 583 g/mol. The van der Waals surface area contributed by atoms with Gasteiger partial charge in [0, 0.05) is 63.6 Å². The highest BCUT2D eigenvalue weighted by atomic mass is 19.4. The maximum absolute atomic E-state index is 14.1. The molecule has 0 spiro atoms. The second-order valence-electron chi connectivity index (χ2n) is 11.7. The van der Waals surface area contributed by atoms with Gasteiger partial charge in [-0.05, 0) is 66.6 Å². The molecule has 45 heavy (non-hydrogen) atoms. The quantitative estimate of drug-likeness (QED) is 0.255. The van der Waals surface area contributed by atoms with Crippen LogP contribution in [0.2, 0.25) is 0 Å². The molecule has 12 heteroatoms. The van der Waals surface area contributed by atoms with E-state index in [1.165, 1.54) is 6.07 Å². The minimum Gasteiger partial charge on any atom is -0.457 e.